The molecule has 5 rings (SSSR count). The number of nitrogens with zero attached hydrogens (tertiary/aromatic N) is 6. The molecule has 1 saturated heterocycles. The minimum absolute atomic E-state index is 0.167. The first-order valence-corrected chi connectivity index (χ1v) is 12.1. The van der Waals surface area contributed by atoms with Crippen LogP contribution in [0.25, 0.3) is 22.2 Å². The molecule has 0 amide bonds. The van der Waals surface area contributed by atoms with Gasteiger partial charge in [0.25, 0.3) is 0 Å². The predicted molar refractivity (Wildman–Crippen MR) is 134 cm³/mol. The summed E-state index contributed by atoms with van der Waals surface area (Å²) in [5.74, 6) is 0.157. The average Bonchev–Trinajstić information content (AvgIpc) is 3.26. The molecule has 1 aromatic carbocycles. The van der Waals surface area contributed by atoms with Gasteiger partial charge in [0.15, 0.2) is 17.7 Å². The number of nitriles is 1. The maximum atomic E-state index is 14.5. The summed E-state index contributed by atoms with van der Waals surface area (Å²) in [4.78, 5) is 3.64. The molecule has 0 saturated carbocycles. The SMILES string of the molecule is COc1cc2c(cc1O[C@H](C)c1c(C)cnnc1C)c(-c1ccnc(F)c1C#N)nn2C1CCCCO1. The number of benzene rings is 1. The summed E-state index contributed by atoms with van der Waals surface area (Å²) < 4.78 is 34.4. The Labute approximate surface area is 213 Å². The second-order valence-electron chi connectivity index (χ2n) is 9.06. The van der Waals surface area contributed by atoms with Crippen LogP contribution in [0.15, 0.2) is 30.6 Å². The Bertz CT molecular complexity index is 1490. The van der Waals surface area contributed by atoms with Crippen LogP contribution in [0.1, 0.15) is 60.9 Å². The standard InChI is InChI=1S/C27H27FN6O3/c1-15-14-31-32-16(2)25(15)17(3)37-23-11-19-21(12-22(23)35-4)34(24-7-5-6-10-36-24)33-26(19)18-8-9-30-27(28)20(18)13-29/h8-9,11-12,14,17,24H,5-7,10H2,1-4H3/t17-,24?/m1/s1. The molecule has 1 aliphatic heterocycles. The first-order chi connectivity index (χ1) is 17.9. The Kier molecular flexibility index (Phi) is 6.72. The molecule has 1 unspecified atom stereocenters. The van der Waals surface area contributed by atoms with Crippen LogP contribution < -0.4 is 9.47 Å². The zero-order valence-corrected chi connectivity index (χ0v) is 21.2. The number of rotatable bonds is 6. The normalized spacial score (nSPS) is 16.4. The molecule has 9 nitrogen and oxygen atoms in total. The Morgan fingerprint density at radius 1 is 1.24 bits per heavy atom. The third-order valence-corrected chi connectivity index (χ3v) is 6.68. The Morgan fingerprint density at radius 2 is 2.08 bits per heavy atom. The minimum atomic E-state index is -0.841. The van der Waals surface area contributed by atoms with Crippen molar-refractivity contribution in [1.29, 1.82) is 5.26 Å². The number of aromatic nitrogens is 5. The van der Waals surface area contributed by atoms with Crippen molar-refractivity contribution in [3.05, 3.63) is 58.9 Å². The van der Waals surface area contributed by atoms with Gasteiger partial charge in [0.2, 0.25) is 5.95 Å². The van der Waals surface area contributed by atoms with Crippen molar-refractivity contribution >= 4 is 10.9 Å². The molecule has 2 atom stereocenters. The lowest BCUT2D eigenvalue weighted by Gasteiger charge is -2.24. The summed E-state index contributed by atoms with van der Waals surface area (Å²) in [7, 11) is 1.58. The highest BCUT2D eigenvalue weighted by Crippen LogP contribution is 2.41. The summed E-state index contributed by atoms with van der Waals surface area (Å²) in [5, 5.41) is 23.4. The number of halogens is 1. The molecule has 0 bridgehead atoms. The molecule has 37 heavy (non-hydrogen) atoms. The van der Waals surface area contributed by atoms with Gasteiger partial charge in [-0.1, -0.05) is 0 Å². The van der Waals surface area contributed by atoms with E-state index in [1.54, 1.807) is 24.1 Å². The number of hydrogen-bond acceptors (Lipinski definition) is 8. The maximum Gasteiger partial charge on any atom is 0.231 e. The molecule has 0 radical (unpaired) electrons. The third-order valence-electron chi connectivity index (χ3n) is 6.68. The largest absolute Gasteiger partial charge is 0.493 e. The van der Waals surface area contributed by atoms with E-state index in [9.17, 15) is 9.65 Å². The van der Waals surface area contributed by atoms with E-state index >= 15 is 0 Å². The lowest BCUT2D eigenvalue weighted by molar-refractivity contribution is -0.0365. The van der Waals surface area contributed by atoms with E-state index < -0.39 is 5.95 Å². The summed E-state index contributed by atoms with van der Waals surface area (Å²) in [6.45, 7) is 6.42. The van der Waals surface area contributed by atoms with E-state index in [1.165, 1.54) is 6.20 Å². The predicted octanol–water partition coefficient (Wildman–Crippen LogP) is 5.36. The highest BCUT2D eigenvalue weighted by atomic mass is 19.1. The first kappa shape index (κ1) is 24.6. The molecular formula is C27H27FN6O3. The molecule has 3 aromatic heterocycles. The van der Waals surface area contributed by atoms with Crippen LogP contribution in [0, 0.1) is 31.1 Å². The van der Waals surface area contributed by atoms with Crippen molar-refractivity contribution in [3.63, 3.8) is 0 Å². The van der Waals surface area contributed by atoms with Gasteiger partial charge in [-0.15, -0.1) is 0 Å². The minimum Gasteiger partial charge on any atom is -0.493 e. The molecule has 0 N–H and O–H groups in total. The van der Waals surface area contributed by atoms with Gasteiger partial charge in [-0.05, 0) is 57.7 Å². The second-order valence-corrected chi connectivity index (χ2v) is 9.06. The zero-order valence-electron chi connectivity index (χ0n) is 21.2. The maximum absolute atomic E-state index is 14.5. The van der Waals surface area contributed by atoms with Crippen LogP contribution >= 0.6 is 0 Å². The van der Waals surface area contributed by atoms with Crippen LogP contribution in [-0.4, -0.2) is 38.7 Å². The molecule has 0 aliphatic carbocycles. The van der Waals surface area contributed by atoms with E-state index in [-0.39, 0.29) is 17.9 Å². The fourth-order valence-electron chi connectivity index (χ4n) is 4.95. The van der Waals surface area contributed by atoms with E-state index in [0.29, 0.717) is 34.7 Å². The van der Waals surface area contributed by atoms with E-state index in [4.69, 9.17) is 19.3 Å². The van der Waals surface area contributed by atoms with Gasteiger partial charge < -0.3 is 14.2 Å². The number of aryl methyl sites for hydroxylation is 2. The smallest absolute Gasteiger partial charge is 0.231 e. The highest BCUT2D eigenvalue weighted by Gasteiger charge is 2.26. The molecule has 190 valence electrons. The van der Waals surface area contributed by atoms with Crippen molar-refractivity contribution < 1.29 is 18.6 Å². The van der Waals surface area contributed by atoms with E-state index in [1.807, 2.05) is 39.0 Å². The first-order valence-electron chi connectivity index (χ1n) is 12.1. The molecule has 0 spiro atoms. The average molecular weight is 503 g/mol. The van der Waals surface area contributed by atoms with Crippen molar-refractivity contribution in [2.45, 2.75) is 52.4 Å². The van der Waals surface area contributed by atoms with Crippen molar-refractivity contribution in [2.75, 3.05) is 13.7 Å². The quantitative estimate of drug-likeness (QED) is 0.324. The van der Waals surface area contributed by atoms with Crippen molar-refractivity contribution in [2.24, 2.45) is 0 Å². The zero-order chi connectivity index (χ0) is 26.1. The number of fused-ring (bicyclic) bond motifs is 1. The van der Waals surface area contributed by atoms with Gasteiger partial charge in [-0.3, -0.25) is 0 Å². The van der Waals surface area contributed by atoms with Crippen molar-refractivity contribution in [1.82, 2.24) is 25.0 Å². The molecule has 1 aliphatic rings. The summed E-state index contributed by atoms with van der Waals surface area (Å²) in [6.07, 6.45) is 5.18. The molecule has 4 heterocycles. The number of methoxy groups -OCH3 is 1. The number of hydrogen-bond donors (Lipinski definition) is 0. The van der Waals surface area contributed by atoms with Gasteiger partial charge in [0.05, 0.1) is 24.5 Å². The number of pyridine rings is 1. The van der Waals surface area contributed by atoms with Gasteiger partial charge in [0, 0.05) is 35.4 Å². The van der Waals surface area contributed by atoms with E-state index in [0.717, 1.165) is 41.6 Å². The van der Waals surface area contributed by atoms with Crippen LogP contribution in [0.4, 0.5) is 4.39 Å². The van der Waals surface area contributed by atoms with Gasteiger partial charge in [-0.2, -0.15) is 24.9 Å². The Balaban J connectivity index is 1.69. The van der Waals surface area contributed by atoms with Gasteiger partial charge in [-0.25, -0.2) is 9.67 Å². The molecule has 10 heteroatoms. The van der Waals surface area contributed by atoms with E-state index in [2.05, 4.69) is 15.2 Å². The lowest BCUT2D eigenvalue weighted by atomic mass is 10.0. The highest BCUT2D eigenvalue weighted by molar-refractivity contribution is 5.96. The van der Waals surface area contributed by atoms with Crippen LogP contribution in [-0.2, 0) is 4.74 Å². The molecule has 4 aromatic rings. The topological polar surface area (TPSA) is 108 Å². The third kappa shape index (κ3) is 4.47. The Hall–Kier alpha value is -4.10. The summed E-state index contributed by atoms with van der Waals surface area (Å²) >= 11 is 0. The lowest BCUT2D eigenvalue weighted by Crippen LogP contribution is -2.19. The monoisotopic (exact) mass is 502 g/mol. The second kappa shape index (κ2) is 10.1. The van der Waals surface area contributed by atoms with Crippen LogP contribution in [0.5, 0.6) is 11.5 Å². The van der Waals surface area contributed by atoms with Gasteiger partial charge in [0.1, 0.15) is 23.4 Å². The fraction of sp³-hybridized carbons (Fsp3) is 0.370. The molecular weight excluding hydrogens is 475 g/mol. The summed E-state index contributed by atoms with van der Waals surface area (Å²) in [5.41, 5.74) is 4.04. The Morgan fingerprint density at radius 3 is 2.78 bits per heavy atom. The summed E-state index contributed by atoms with van der Waals surface area (Å²) in [6, 6.07) is 7.20. The molecule has 1 fully saturated rings. The fourth-order valence-corrected chi connectivity index (χ4v) is 4.95. The number of ether oxygens (including phenoxy) is 3. The van der Waals surface area contributed by atoms with Crippen molar-refractivity contribution in [3.8, 4) is 28.8 Å². The van der Waals surface area contributed by atoms with Crippen LogP contribution in [0.3, 0.4) is 0 Å². The van der Waals surface area contributed by atoms with Crippen LogP contribution in [0.2, 0.25) is 0 Å². The van der Waals surface area contributed by atoms with Gasteiger partial charge >= 0.3 is 0 Å².